The number of benzene rings is 1. The lowest BCUT2D eigenvalue weighted by molar-refractivity contribution is -0.132. The molecule has 1 unspecified atom stereocenters. The van der Waals surface area contributed by atoms with Crippen LogP contribution in [0.25, 0.3) is 0 Å². The van der Waals surface area contributed by atoms with Crippen LogP contribution in [0.15, 0.2) is 24.3 Å². The third kappa shape index (κ3) is 4.12. The van der Waals surface area contributed by atoms with Gasteiger partial charge in [0, 0.05) is 43.3 Å². The van der Waals surface area contributed by atoms with Crippen LogP contribution < -0.4 is 4.90 Å². The molecule has 0 bridgehead atoms. The van der Waals surface area contributed by atoms with Crippen molar-refractivity contribution in [2.75, 3.05) is 31.1 Å². The van der Waals surface area contributed by atoms with Crippen molar-refractivity contribution in [2.24, 2.45) is 0 Å². The second-order valence-corrected chi connectivity index (χ2v) is 5.67. The molecule has 0 aliphatic carbocycles. The van der Waals surface area contributed by atoms with Crippen LogP contribution in [0, 0.1) is 0 Å². The number of amides is 1. The zero-order valence-electron chi connectivity index (χ0n) is 11.8. The maximum absolute atomic E-state index is 12.0. The Labute approximate surface area is 124 Å². The molecule has 5 heteroatoms. The largest absolute Gasteiger partial charge is 0.393 e. The lowest BCUT2D eigenvalue weighted by atomic mass is 10.2. The number of hydrogen-bond acceptors (Lipinski definition) is 3. The van der Waals surface area contributed by atoms with Gasteiger partial charge in [0.15, 0.2) is 0 Å². The minimum Gasteiger partial charge on any atom is -0.393 e. The van der Waals surface area contributed by atoms with Crippen molar-refractivity contribution in [1.29, 1.82) is 0 Å². The summed E-state index contributed by atoms with van der Waals surface area (Å²) < 4.78 is 0. The number of anilines is 1. The Kier molecular flexibility index (Phi) is 5.26. The fraction of sp³-hybridized carbons (Fsp3) is 0.533. The van der Waals surface area contributed by atoms with E-state index in [-0.39, 0.29) is 5.91 Å². The number of rotatable bonds is 4. The number of aliphatic hydroxyl groups is 1. The summed E-state index contributed by atoms with van der Waals surface area (Å²) in [5.74, 6) is 0.136. The van der Waals surface area contributed by atoms with E-state index < -0.39 is 6.10 Å². The molecule has 1 heterocycles. The smallest absolute Gasteiger partial charge is 0.222 e. The third-order valence-corrected chi connectivity index (χ3v) is 3.82. The SMILES string of the molecule is CC(O)CCC(=O)N1CCN(c2cccc(Cl)c2)CC1. The predicted molar refractivity (Wildman–Crippen MR) is 81.2 cm³/mol. The molecule has 1 atom stereocenters. The molecule has 4 nitrogen and oxygen atoms in total. The van der Waals surface area contributed by atoms with E-state index >= 15 is 0 Å². The van der Waals surface area contributed by atoms with Gasteiger partial charge in [-0.2, -0.15) is 0 Å². The Morgan fingerprint density at radius 2 is 2.05 bits per heavy atom. The summed E-state index contributed by atoms with van der Waals surface area (Å²) in [6.45, 7) is 4.81. The quantitative estimate of drug-likeness (QED) is 0.926. The van der Waals surface area contributed by atoms with E-state index in [0.717, 1.165) is 36.9 Å². The van der Waals surface area contributed by atoms with E-state index in [9.17, 15) is 9.90 Å². The second-order valence-electron chi connectivity index (χ2n) is 5.24. The topological polar surface area (TPSA) is 43.8 Å². The molecule has 1 aromatic rings. The van der Waals surface area contributed by atoms with E-state index in [0.29, 0.717) is 12.8 Å². The van der Waals surface area contributed by atoms with Crippen molar-refractivity contribution < 1.29 is 9.90 Å². The average molecular weight is 297 g/mol. The number of halogens is 1. The van der Waals surface area contributed by atoms with Gasteiger partial charge < -0.3 is 14.9 Å². The summed E-state index contributed by atoms with van der Waals surface area (Å²) >= 11 is 6.00. The van der Waals surface area contributed by atoms with E-state index in [1.54, 1.807) is 6.92 Å². The van der Waals surface area contributed by atoms with Crippen molar-refractivity contribution in [1.82, 2.24) is 4.90 Å². The minimum absolute atomic E-state index is 0.136. The van der Waals surface area contributed by atoms with Crippen LogP contribution in [-0.2, 0) is 4.79 Å². The molecule has 1 saturated heterocycles. The number of piperazine rings is 1. The molecule has 1 aliphatic rings. The van der Waals surface area contributed by atoms with Crippen LogP contribution in [0.1, 0.15) is 19.8 Å². The first-order valence-corrected chi connectivity index (χ1v) is 7.40. The summed E-state index contributed by atoms with van der Waals surface area (Å²) in [7, 11) is 0. The summed E-state index contributed by atoms with van der Waals surface area (Å²) in [6.07, 6.45) is 0.550. The first kappa shape index (κ1) is 15.1. The van der Waals surface area contributed by atoms with Gasteiger partial charge in [0.05, 0.1) is 6.10 Å². The van der Waals surface area contributed by atoms with Gasteiger partial charge in [0.1, 0.15) is 0 Å². The molecule has 1 amide bonds. The van der Waals surface area contributed by atoms with E-state index in [1.165, 1.54) is 0 Å². The van der Waals surface area contributed by atoms with Gasteiger partial charge in [-0.05, 0) is 31.5 Å². The zero-order chi connectivity index (χ0) is 14.5. The van der Waals surface area contributed by atoms with E-state index in [4.69, 9.17) is 11.6 Å². The van der Waals surface area contributed by atoms with Crippen LogP contribution in [0.4, 0.5) is 5.69 Å². The van der Waals surface area contributed by atoms with Gasteiger partial charge in [-0.15, -0.1) is 0 Å². The molecule has 1 aliphatic heterocycles. The first-order valence-electron chi connectivity index (χ1n) is 7.02. The fourth-order valence-corrected chi connectivity index (χ4v) is 2.56. The van der Waals surface area contributed by atoms with Crippen LogP contribution in [0.3, 0.4) is 0 Å². The Bertz CT molecular complexity index is 457. The van der Waals surface area contributed by atoms with Gasteiger partial charge in [-0.1, -0.05) is 17.7 Å². The maximum atomic E-state index is 12.0. The van der Waals surface area contributed by atoms with E-state index in [1.807, 2.05) is 29.2 Å². The average Bonchev–Trinajstić information content (AvgIpc) is 2.45. The van der Waals surface area contributed by atoms with Crippen LogP contribution in [0.2, 0.25) is 5.02 Å². The van der Waals surface area contributed by atoms with Crippen molar-refractivity contribution in [3.63, 3.8) is 0 Å². The zero-order valence-corrected chi connectivity index (χ0v) is 12.5. The lowest BCUT2D eigenvalue weighted by Gasteiger charge is -2.36. The molecular weight excluding hydrogens is 276 g/mol. The summed E-state index contributed by atoms with van der Waals surface area (Å²) in [6, 6.07) is 7.79. The number of aliphatic hydroxyl groups excluding tert-OH is 1. The van der Waals surface area contributed by atoms with Crippen LogP contribution in [-0.4, -0.2) is 48.2 Å². The fourth-order valence-electron chi connectivity index (χ4n) is 2.38. The summed E-state index contributed by atoms with van der Waals surface area (Å²) in [5.41, 5.74) is 1.11. The molecule has 0 aromatic heterocycles. The third-order valence-electron chi connectivity index (χ3n) is 3.58. The van der Waals surface area contributed by atoms with Crippen LogP contribution in [0.5, 0.6) is 0 Å². The van der Waals surface area contributed by atoms with Crippen molar-refractivity contribution >= 4 is 23.2 Å². The predicted octanol–water partition coefficient (Wildman–Crippen LogP) is 2.15. The Balaban J connectivity index is 1.84. The molecule has 0 saturated carbocycles. The van der Waals surface area contributed by atoms with Gasteiger partial charge in [-0.25, -0.2) is 0 Å². The summed E-state index contributed by atoms with van der Waals surface area (Å²) in [4.78, 5) is 16.1. The molecule has 110 valence electrons. The highest BCUT2D eigenvalue weighted by Crippen LogP contribution is 2.21. The molecule has 1 fully saturated rings. The highest BCUT2D eigenvalue weighted by Gasteiger charge is 2.21. The maximum Gasteiger partial charge on any atom is 0.222 e. The van der Waals surface area contributed by atoms with Crippen LogP contribution >= 0.6 is 11.6 Å². The number of carbonyl (C=O) groups is 1. The minimum atomic E-state index is -0.410. The summed E-state index contributed by atoms with van der Waals surface area (Å²) in [5, 5.41) is 9.96. The molecule has 0 spiro atoms. The van der Waals surface area contributed by atoms with Crippen molar-refractivity contribution in [3.8, 4) is 0 Å². The second kappa shape index (κ2) is 6.95. The van der Waals surface area contributed by atoms with E-state index in [2.05, 4.69) is 4.90 Å². The molecule has 1 aromatic carbocycles. The van der Waals surface area contributed by atoms with Gasteiger partial charge in [0.25, 0.3) is 0 Å². The van der Waals surface area contributed by atoms with Crippen molar-refractivity contribution in [2.45, 2.75) is 25.9 Å². The van der Waals surface area contributed by atoms with Gasteiger partial charge >= 0.3 is 0 Å². The molecule has 2 rings (SSSR count). The Morgan fingerprint density at radius 3 is 2.65 bits per heavy atom. The molecule has 0 radical (unpaired) electrons. The lowest BCUT2D eigenvalue weighted by Crippen LogP contribution is -2.48. The van der Waals surface area contributed by atoms with Gasteiger partial charge in [0.2, 0.25) is 5.91 Å². The number of carbonyl (C=O) groups excluding carboxylic acids is 1. The molecular formula is C15H21ClN2O2. The number of hydrogen-bond donors (Lipinski definition) is 1. The Morgan fingerprint density at radius 1 is 1.35 bits per heavy atom. The molecule has 20 heavy (non-hydrogen) atoms. The monoisotopic (exact) mass is 296 g/mol. The number of nitrogens with zero attached hydrogens (tertiary/aromatic N) is 2. The standard InChI is InChI=1S/C15H21ClN2O2/c1-12(19)5-6-15(20)18-9-7-17(8-10-18)14-4-2-3-13(16)11-14/h2-4,11-12,19H,5-10H2,1H3. The highest BCUT2D eigenvalue weighted by molar-refractivity contribution is 6.30. The normalized spacial score (nSPS) is 17.1. The highest BCUT2D eigenvalue weighted by atomic mass is 35.5. The molecule has 1 N–H and O–H groups in total. The van der Waals surface area contributed by atoms with Gasteiger partial charge in [-0.3, -0.25) is 4.79 Å². The first-order chi connectivity index (χ1) is 9.56. The Hall–Kier alpha value is -1.26. The van der Waals surface area contributed by atoms with Crippen molar-refractivity contribution in [3.05, 3.63) is 29.3 Å².